The van der Waals surface area contributed by atoms with Gasteiger partial charge in [0.2, 0.25) is 11.8 Å². The average Bonchev–Trinajstić information content (AvgIpc) is 3.24. The molecular weight excluding hydrogens is 300 g/mol. The van der Waals surface area contributed by atoms with Crippen molar-refractivity contribution in [2.24, 2.45) is 5.92 Å². The van der Waals surface area contributed by atoms with Gasteiger partial charge in [0.25, 0.3) is 0 Å². The molecule has 2 amide bonds. The minimum absolute atomic E-state index is 0.0425. The number of benzene rings is 2. The standard InChI is InChI=1S/C20H22N2O2/c23-19-12-16(13-22(19)18-7-3-4-8-18)20(24)21-17-10-9-14-5-1-2-6-15(14)11-17/h1-2,5-6,9-11,16,18H,3-4,7-8,12-13H2,(H,21,24). The van der Waals surface area contributed by atoms with Crippen molar-refractivity contribution in [1.82, 2.24) is 4.90 Å². The SMILES string of the molecule is O=C(Nc1ccc2ccccc2c1)C1CC(=O)N(C2CCCC2)C1. The number of amides is 2. The summed E-state index contributed by atoms with van der Waals surface area (Å²) in [5, 5.41) is 5.24. The summed E-state index contributed by atoms with van der Waals surface area (Å²) < 4.78 is 0. The van der Waals surface area contributed by atoms with Gasteiger partial charge in [-0.1, -0.05) is 43.2 Å². The Hall–Kier alpha value is -2.36. The summed E-state index contributed by atoms with van der Waals surface area (Å²) in [5.74, 6) is -0.135. The third-order valence-corrected chi connectivity index (χ3v) is 5.31. The molecule has 2 aromatic carbocycles. The molecule has 1 N–H and O–H groups in total. The van der Waals surface area contributed by atoms with Gasteiger partial charge in [0, 0.05) is 24.7 Å². The first-order chi connectivity index (χ1) is 11.7. The van der Waals surface area contributed by atoms with Crippen molar-refractivity contribution in [3.63, 3.8) is 0 Å². The maximum absolute atomic E-state index is 12.6. The lowest BCUT2D eigenvalue weighted by atomic mass is 10.1. The van der Waals surface area contributed by atoms with Crippen LogP contribution in [-0.2, 0) is 9.59 Å². The Morgan fingerprint density at radius 2 is 1.79 bits per heavy atom. The molecule has 0 spiro atoms. The zero-order chi connectivity index (χ0) is 16.5. The van der Waals surface area contributed by atoms with Gasteiger partial charge in [-0.2, -0.15) is 0 Å². The molecule has 0 bridgehead atoms. The van der Waals surface area contributed by atoms with Gasteiger partial charge in [-0.15, -0.1) is 0 Å². The van der Waals surface area contributed by atoms with Crippen LogP contribution in [0, 0.1) is 5.92 Å². The Balaban J connectivity index is 1.44. The van der Waals surface area contributed by atoms with Gasteiger partial charge in [-0.05, 0) is 35.7 Å². The van der Waals surface area contributed by atoms with Crippen molar-refractivity contribution in [2.45, 2.75) is 38.1 Å². The van der Waals surface area contributed by atoms with E-state index in [1.165, 1.54) is 12.8 Å². The molecular formula is C20H22N2O2. The van der Waals surface area contributed by atoms with E-state index in [9.17, 15) is 9.59 Å². The number of nitrogens with zero attached hydrogens (tertiary/aromatic N) is 1. The second-order valence-electron chi connectivity index (χ2n) is 6.94. The van der Waals surface area contributed by atoms with E-state index in [1.807, 2.05) is 41.3 Å². The number of nitrogens with one attached hydrogen (secondary N) is 1. The fourth-order valence-corrected chi connectivity index (χ4v) is 3.99. The van der Waals surface area contributed by atoms with E-state index in [0.29, 0.717) is 19.0 Å². The van der Waals surface area contributed by atoms with Crippen molar-refractivity contribution < 1.29 is 9.59 Å². The van der Waals surface area contributed by atoms with Crippen molar-refractivity contribution in [1.29, 1.82) is 0 Å². The van der Waals surface area contributed by atoms with E-state index < -0.39 is 0 Å². The summed E-state index contributed by atoms with van der Waals surface area (Å²) >= 11 is 0. The van der Waals surface area contributed by atoms with Crippen molar-refractivity contribution in [2.75, 3.05) is 11.9 Å². The smallest absolute Gasteiger partial charge is 0.229 e. The van der Waals surface area contributed by atoms with Gasteiger partial charge in [0.15, 0.2) is 0 Å². The predicted molar refractivity (Wildman–Crippen MR) is 94.7 cm³/mol. The molecule has 4 nitrogen and oxygen atoms in total. The Morgan fingerprint density at radius 3 is 2.58 bits per heavy atom. The fourth-order valence-electron chi connectivity index (χ4n) is 3.99. The molecule has 1 saturated heterocycles. The number of fused-ring (bicyclic) bond motifs is 1. The molecule has 0 aromatic heterocycles. The van der Waals surface area contributed by atoms with E-state index in [0.717, 1.165) is 29.3 Å². The number of carbonyl (C=O) groups is 2. The number of likely N-dealkylation sites (tertiary alicyclic amines) is 1. The van der Waals surface area contributed by atoms with Crippen LogP contribution in [0.2, 0.25) is 0 Å². The Labute approximate surface area is 141 Å². The Kier molecular flexibility index (Phi) is 3.97. The molecule has 2 aliphatic rings. The zero-order valence-corrected chi connectivity index (χ0v) is 13.7. The van der Waals surface area contributed by atoms with E-state index >= 15 is 0 Å². The Morgan fingerprint density at radius 1 is 1.04 bits per heavy atom. The van der Waals surface area contributed by atoms with Gasteiger partial charge < -0.3 is 10.2 Å². The van der Waals surface area contributed by atoms with E-state index in [4.69, 9.17) is 0 Å². The zero-order valence-electron chi connectivity index (χ0n) is 13.7. The highest BCUT2D eigenvalue weighted by molar-refractivity contribution is 5.98. The first-order valence-electron chi connectivity index (χ1n) is 8.80. The molecule has 4 heteroatoms. The average molecular weight is 322 g/mol. The second-order valence-corrected chi connectivity index (χ2v) is 6.94. The predicted octanol–water partition coefficient (Wildman–Crippen LogP) is 3.57. The van der Waals surface area contributed by atoms with Gasteiger partial charge in [-0.3, -0.25) is 9.59 Å². The maximum Gasteiger partial charge on any atom is 0.229 e. The molecule has 1 aliphatic carbocycles. The van der Waals surface area contributed by atoms with Gasteiger partial charge >= 0.3 is 0 Å². The largest absolute Gasteiger partial charge is 0.339 e. The monoisotopic (exact) mass is 322 g/mol. The molecule has 24 heavy (non-hydrogen) atoms. The molecule has 1 unspecified atom stereocenters. The molecule has 4 rings (SSSR count). The normalized spacial score (nSPS) is 21.6. The minimum atomic E-state index is -0.232. The third kappa shape index (κ3) is 2.88. The molecule has 124 valence electrons. The van der Waals surface area contributed by atoms with Crippen LogP contribution in [-0.4, -0.2) is 29.3 Å². The van der Waals surface area contributed by atoms with Gasteiger partial charge in [0.1, 0.15) is 0 Å². The van der Waals surface area contributed by atoms with Crippen LogP contribution in [0.3, 0.4) is 0 Å². The van der Waals surface area contributed by atoms with Gasteiger partial charge in [-0.25, -0.2) is 0 Å². The van der Waals surface area contributed by atoms with E-state index in [-0.39, 0.29) is 17.7 Å². The van der Waals surface area contributed by atoms with Crippen LogP contribution in [0.5, 0.6) is 0 Å². The Bertz CT molecular complexity index is 780. The van der Waals surface area contributed by atoms with Crippen LogP contribution in [0.4, 0.5) is 5.69 Å². The molecule has 2 aromatic rings. The molecule has 2 fully saturated rings. The summed E-state index contributed by atoms with van der Waals surface area (Å²) in [6, 6.07) is 14.4. The number of hydrogen-bond acceptors (Lipinski definition) is 2. The highest BCUT2D eigenvalue weighted by atomic mass is 16.2. The lowest BCUT2D eigenvalue weighted by Crippen LogP contribution is -2.35. The minimum Gasteiger partial charge on any atom is -0.339 e. The number of hydrogen-bond donors (Lipinski definition) is 1. The van der Waals surface area contributed by atoms with Crippen molar-refractivity contribution >= 4 is 28.3 Å². The summed E-state index contributed by atoms with van der Waals surface area (Å²) in [5.41, 5.74) is 0.797. The lowest BCUT2D eigenvalue weighted by molar-refractivity contribution is -0.129. The second kappa shape index (κ2) is 6.27. The molecule has 1 aliphatic heterocycles. The molecule has 1 heterocycles. The number of rotatable bonds is 3. The third-order valence-electron chi connectivity index (χ3n) is 5.31. The van der Waals surface area contributed by atoms with Crippen LogP contribution in [0.25, 0.3) is 10.8 Å². The van der Waals surface area contributed by atoms with Crippen molar-refractivity contribution in [3.8, 4) is 0 Å². The highest BCUT2D eigenvalue weighted by Crippen LogP contribution is 2.30. The summed E-state index contributed by atoms with van der Waals surface area (Å²) in [4.78, 5) is 26.8. The summed E-state index contributed by atoms with van der Waals surface area (Å²) in [7, 11) is 0. The number of carbonyl (C=O) groups excluding carboxylic acids is 2. The number of anilines is 1. The maximum atomic E-state index is 12.6. The first-order valence-corrected chi connectivity index (χ1v) is 8.80. The van der Waals surface area contributed by atoms with Crippen LogP contribution >= 0.6 is 0 Å². The summed E-state index contributed by atoms with van der Waals surface area (Å²) in [6.07, 6.45) is 4.91. The molecule has 1 atom stereocenters. The van der Waals surface area contributed by atoms with Crippen LogP contribution in [0.1, 0.15) is 32.1 Å². The first kappa shape index (κ1) is 15.2. The van der Waals surface area contributed by atoms with E-state index in [2.05, 4.69) is 11.4 Å². The van der Waals surface area contributed by atoms with E-state index in [1.54, 1.807) is 0 Å². The fraction of sp³-hybridized carbons (Fsp3) is 0.400. The highest BCUT2D eigenvalue weighted by Gasteiger charge is 2.38. The summed E-state index contributed by atoms with van der Waals surface area (Å²) in [6.45, 7) is 0.572. The van der Waals surface area contributed by atoms with Crippen LogP contribution < -0.4 is 5.32 Å². The van der Waals surface area contributed by atoms with Crippen LogP contribution in [0.15, 0.2) is 42.5 Å². The quantitative estimate of drug-likeness (QED) is 0.939. The molecule has 0 radical (unpaired) electrons. The van der Waals surface area contributed by atoms with Crippen molar-refractivity contribution in [3.05, 3.63) is 42.5 Å². The molecule has 1 saturated carbocycles. The topological polar surface area (TPSA) is 49.4 Å². The lowest BCUT2D eigenvalue weighted by Gasteiger charge is -2.23. The van der Waals surface area contributed by atoms with Gasteiger partial charge in [0.05, 0.1) is 5.92 Å².